The number of hydrogen-bond donors (Lipinski definition) is 2. The highest BCUT2D eigenvalue weighted by Gasteiger charge is 2.26. The fraction of sp³-hybridized carbons (Fsp3) is 0.611. The smallest absolute Gasteiger partial charge is 0.231 e. The number of aromatic nitrogens is 2. The molecule has 1 amide bonds. The van der Waals surface area contributed by atoms with Gasteiger partial charge in [0.05, 0.1) is 11.9 Å². The third-order valence-corrected chi connectivity index (χ3v) is 6.77. The van der Waals surface area contributed by atoms with Crippen molar-refractivity contribution in [2.75, 3.05) is 18.9 Å². The van der Waals surface area contributed by atoms with E-state index in [0.717, 1.165) is 42.8 Å². The van der Waals surface area contributed by atoms with Gasteiger partial charge in [0.2, 0.25) is 5.91 Å². The highest BCUT2D eigenvalue weighted by Crippen LogP contribution is 2.39. The van der Waals surface area contributed by atoms with Crippen LogP contribution < -0.4 is 11.1 Å². The monoisotopic (exact) mass is 359 g/mol. The Balaban J connectivity index is 1.44. The van der Waals surface area contributed by atoms with Crippen LogP contribution >= 0.6 is 11.3 Å². The molecular formula is C18H25N5OS. The van der Waals surface area contributed by atoms with Crippen LogP contribution in [0.3, 0.4) is 0 Å². The van der Waals surface area contributed by atoms with Gasteiger partial charge in [-0.3, -0.25) is 9.69 Å². The Morgan fingerprint density at radius 1 is 1.32 bits per heavy atom. The van der Waals surface area contributed by atoms with Gasteiger partial charge in [-0.05, 0) is 57.6 Å². The normalized spacial score (nSPS) is 23.1. The second-order valence-electron chi connectivity index (χ2n) is 7.29. The molecule has 6 nitrogen and oxygen atoms in total. The standard InChI is InChI=1S/C18H25N5OS/c1-23(9-15(19)24)12-7-5-11(6-8-12)22-17-16-13-3-2-4-14(13)25-18(16)21-10-20-17/h10-12H,2-9H2,1H3,(H2,19,24)(H,20,21,22). The molecule has 25 heavy (non-hydrogen) atoms. The summed E-state index contributed by atoms with van der Waals surface area (Å²) < 4.78 is 0. The van der Waals surface area contributed by atoms with E-state index in [-0.39, 0.29) is 5.91 Å². The molecule has 3 N–H and O–H groups in total. The molecule has 2 aliphatic rings. The predicted octanol–water partition coefficient (Wildman–Crippen LogP) is 2.32. The molecule has 7 heteroatoms. The van der Waals surface area contributed by atoms with Gasteiger partial charge in [0.15, 0.2) is 0 Å². The molecule has 0 saturated heterocycles. The fourth-order valence-electron chi connectivity index (χ4n) is 4.27. The molecule has 0 atom stereocenters. The number of anilines is 1. The number of thiophene rings is 1. The van der Waals surface area contributed by atoms with E-state index in [1.54, 1.807) is 6.33 Å². The number of carbonyl (C=O) groups is 1. The number of rotatable bonds is 5. The number of carbonyl (C=O) groups excluding carboxylic acids is 1. The SMILES string of the molecule is CN(CC(N)=O)C1CCC(Nc2ncnc3sc4c(c23)CCC4)CC1. The first-order valence-electron chi connectivity index (χ1n) is 9.12. The third kappa shape index (κ3) is 3.35. The van der Waals surface area contributed by atoms with Gasteiger partial charge < -0.3 is 11.1 Å². The summed E-state index contributed by atoms with van der Waals surface area (Å²) in [6, 6.07) is 0.884. The van der Waals surface area contributed by atoms with Crippen LogP contribution in [0.1, 0.15) is 42.5 Å². The van der Waals surface area contributed by atoms with Crippen LogP contribution in [-0.2, 0) is 17.6 Å². The number of nitrogens with one attached hydrogen (secondary N) is 1. The summed E-state index contributed by atoms with van der Waals surface area (Å²) in [5.74, 6) is 0.760. The molecular weight excluding hydrogens is 334 g/mol. The van der Waals surface area contributed by atoms with Crippen molar-refractivity contribution in [1.82, 2.24) is 14.9 Å². The first-order valence-corrected chi connectivity index (χ1v) is 9.94. The van der Waals surface area contributed by atoms with Crippen LogP contribution in [-0.4, -0.2) is 46.5 Å². The number of aryl methyl sites for hydroxylation is 2. The number of nitrogens with zero attached hydrogens (tertiary/aromatic N) is 3. The summed E-state index contributed by atoms with van der Waals surface area (Å²) in [6.45, 7) is 0.344. The first kappa shape index (κ1) is 16.7. The molecule has 0 radical (unpaired) electrons. The molecule has 0 bridgehead atoms. The van der Waals surface area contributed by atoms with Gasteiger partial charge in [0, 0.05) is 17.0 Å². The van der Waals surface area contributed by atoms with E-state index in [2.05, 4.69) is 20.2 Å². The van der Waals surface area contributed by atoms with Gasteiger partial charge >= 0.3 is 0 Å². The molecule has 0 unspecified atom stereocenters. The second-order valence-corrected chi connectivity index (χ2v) is 8.37. The van der Waals surface area contributed by atoms with E-state index in [1.807, 2.05) is 18.4 Å². The van der Waals surface area contributed by atoms with Crippen molar-refractivity contribution in [3.8, 4) is 0 Å². The largest absolute Gasteiger partial charge is 0.369 e. The molecule has 4 rings (SSSR count). The lowest BCUT2D eigenvalue weighted by Crippen LogP contribution is -2.42. The summed E-state index contributed by atoms with van der Waals surface area (Å²) in [4.78, 5) is 24.8. The molecule has 1 fully saturated rings. The van der Waals surface area contributed by atoms with Crippen molar-refractivity contribution in [3.05, 3.63) is 16.8 Å². The number of nitrogens with two attached hydrogens (primary N) is 1. The predicted molar refractivity (Wildman–Crippen MR) is 101 cm³/mol. The minimum Gasteiger partial charge on any atom is -0.369 e. The summed E-state index contributed by atoms with van der Waals surface area (Å²) in [5, 5.41) is 4.94. The van der Waals surface area contributed by atoms with Crippen molar-refractivity contribution in [2.24, 2.45) is 5.73 Å². The lowest BCUT2D eigenvalue weighted by Gasteiger charge is -2.34. The van der Waals surface area contributed by atoms with Gasteiger partial charge in [-0.1, -0.05) is 0 Å². The second kappa shape index (κ2) is 6.88. The van der Waals surface area contributed by atoms with E-state index in [9.17, 15) is 4.79 Å². The summed E-state index contributed by atoms with van der Waals surface area (Å²) in [6.07, 6.45) is 9.62. The quantitative estimate of drug-likeness (QED) is 0.856. The molecule has 134 valence electrons. The Labute approximate surface area is 151 Å². The van der Waals surface area contributed by atoms with E-state index in [0.29, 0.717) is 18.6 Å². The Kier molecular flexibility index (Phi) is 4.60. The minimum absolute atomic E-state index is 0.252. The van der Waals surface area contributed by atoms with Gasteiger partial charge in [-0.25, -0.2) is 9.97 Å². The Bertz CT molecular complexity index is 781. The van der Waals surface area contributed by atoms with Gasteiger partial charge in [-0.15, -0.1) is 11.3 Å². The molecule has 1 saturated carbocycles. The number of fused-ring (bicyclic) bond motifs is 3. The van der Waals surface area contributed by atoms with Crippen molar-refractivity contribution < 1.29 is 4.79 Å². The molecule has 0 aromatic carbocycles. The van der Waals surface area contributed by atoms with E-state index in [1.165, 1.54) is 28.7 Å². The maximum Gasteiger partial charge on any atom is 0.231 e. The number of primary amides is 1. The van der Waals surface area contributed by atoms with Gasteiger partial charge in [0.1, 0.15) is 17.0 Å². The maximum atomic E-state index is 11.1. The molecule has 0 spiro atoms. The zero-order valence-electron chi connectivity index (χ0n) is 14.6. The van der Waals surface area contributed by atoms with E-state index < -0.39 is 0 Å². The van der Waals surface area contributed by atoms with Crippen LogP contribution in [0.15, 0.2) is 6.33 Å². The van der Waals surface area contributed by atoms with Crippen molar-refractivity contribution >= 4 is 33.3 Å². The zero-order chi connectivity index (χ0) is 17.4. The highest BCUT2D eigenvalue weighted by molar-refractivity contribution is 7.19. The van der Waals surface area contributed by atoms with Gasteiger partial charge in [-0.2, -0.15) is 0 Å². The molecule has 2 aromatic heterocycles. The fourth-order valence-corrected chi connectivity index (χ4v) is 5.50. The number of hydrogen-bond acceptors (Lipinski definition) is 6. The lowest BCUT2D eigenvalue weighted by molar-refractivity contribution is -0.119. The average molecular weight is 359 g/mol. The van der Waals surface area contributed by atoms with Gasteiger partial charge in [0.25, 0.3) is 0 Å². The minimum atomic E-state index is -0.252. The number of likely N-dealkylation sites (N-methyl/N-ethyl adjacent to an activating group) is 1. The Morgan fingerprint density at radius 2 is 2.12 bits per heavy atom. The first-order chi connectivity index (χ1) is 12.1. The molecule has 2 aliphatic carbocycles. The van der Waals surface area contributed by atoms with Crippen molar-refractivity contribution in [3.63, 3.8) is 0 Å². The third-order valence-electron chi connectivity index (χ3n) is 5.57. The summed E-state index contributed by atoms with van der Waals surface area (Å²) >= 11 is 1.83. The van der Waals surface area contributed by atoms with Crippen molar-refractivity contribution in [1.29, 1.82) is 0 Å². The maximum absolute atomic E-state index is 11.1. The van der Waals surface area contributed by atoms with Crippen LogP contribution in [0, 0.1) is 0 Å². The number of amides is 1. The molecule has 0 aliphatic heterocycles. The summed E-state index contributed by atoms with van der Waals surface area (Å²) in [5.41, 5.74) is 6.78. The molecule has 2 heterocycles. The summed E-state index contributed by atoms with van der Waals surface area (Å²) in [7, 11) is 1.99. The zero-order valence-corrected chi connectivity index (χ0v) is 15.4. The topological polar surface area (TPSA) is 84.1 Å². The lowest BCUT2D eigenvalue weighted by atomic mass is 9.90. The van der Waals surface area contributed by atoms with Crippen LogP contribution in [0.5, 0.6) is 0 Å². The average Bonchev–Trinajstić information content (AvgIpc) is 3.16. The van der Waals surface area contributed by atoms with Crippen molar-refractivity contribution in [2.45, 2.75) is 57.0 Å². The Hall–Kier alpha value is -1.73. The van der Waals surface area contributed by atoms with Crippen LogP contribution in [0.25, 0.3) is 10.2 Å². The Morgan fingerprint density at radius 3 is 2.88 bits per heavy atom. The highest BCUT2D eigenvalue weighted by atomic mass is 32.1. The van der Waals surface area contributed by atoms with E-state index >= 15 is 0 Å². The van der Waals surface area contributed by atoms with Crippen LogP contribution in [0.2, 0.25) is 0 Å². The van der Waals surface area contributed by atoms with Crippen LogP contribution in [0.4, 0.5) is 5.82 Å². The molecule has 2 aromatic rings. The van der Waals surface area contributed by atoms with E-state index in [4.69, 9.17) is 5.73 Å².